The normalized spacial score (nSPS) is 10.4. The molecule has 131 valence electrons. The van der Waals surface area contributed by atoms with Crippen LogP contribution >= 0.6 is 0 Å². The molecule has 3 aromatic rings. The summed E-state index contributed by atoms with van der Waals surface area (Å²) in [6.45, 7) is 4.20. The maximum absolute atomic E-state index is 13.0. The minimum Gasteiger partial charge on any atom is -0.508 e. The summed E-state index contributed by atoms with van der Waals surface area (Å²) in [6.07, 6.45) is 0. The third kappa shape index (κ3) is 4.39. The third-order valence-electron chi connectivity index (χ3n) is 3.73. The minimum atomic E-state index is -0.337. The number of carbonyl (C=O) groups is 1. The van der Waals surface area contributed by atoms with Gasteiger partial charge in [0.25, 0.3) is 5.91 Å². The van der Waals surface area contributed by atoms with Crippen molar-refractivity contribution >= 4 is 5.91 Å². The summed E-state index contributed by atoms with van der Waals surface area (Å²) in [5, 5.41) is 12.2. The zero-order chi connectivity index (χ0) is 18.5. The van der Waals surface area contributed by atoms with E-state index in [2.05, 4.69) is 12.2 Å². The Labute approximate surface area is 150 Å². The highest BCUT2D eigenvalue weighted by molar-refractivity contribution is 5.94. The maximum Gasteiger partial charge on any atom is 0.251 e. The summed E-state index contributed by atoms with van der Waals surface area (Å²) in [7, 11) is 0. The van der Waals surface area contributed by atoms with Crippen molar-refractivity contribution in [3.05, 3.63) is 96.2 Å². The molecular weight excluding hydrogens is 333 g/mol. The quantitative estimate of drug-likeness (QED) is 0.715. The molecule has 1 amide bonds. The first kappa shape index (κ1) is 17.5. The van der Waals surface area contributed by atoms with Gasteiger partial charge in [-0.05, 0) is 66.6 Å². The number of benzene rings is 3. The molecule has 0 bridgehead atoms. The topological polar surface area (TPSA) is 58.6 Å². The molecule has 0 aliphatic rings. The summed E-state index contributed by atoms with van der Waals surface area (Å²) in [5.41, 5.74) is 1.88. The molecule has 1 radical (unpaired) electrons. The van der Waals surface area contributed by atoms with Crippen molar-refractivity contribution in [2.45, 2.75) is 6.54 Å². The standard InChI is InChI=1S/C21H17FNO3/c1-14-5-6-15(11-20(14)26-19-9-7-17(22)8-10-19)13-23-21(25)16-3-2-4-18(24)12-16/h2-12,24H,1,13H2,(H,23,25). The van der Waals surface area contributed by atoms with Crippen molar-refractivity contribution in [3.8, 4) is 17.2 Å². The summed E-state index contributed by atoms with van der Waals surface area (Å²) in [6, 6.07) is 17.2. The van der Waals surface area contributed by atoms with E-state index < -0.39 is 0 Å². The monoisotopic (exact) mass is 350 g/mol. The van der Waals surface area contributed by atoms with Crippen LogP contribution in [0.3, 0.4) is 0 Å². The number of phenolic OH excluding ortho intramolecular Hbond substituents is 1. The lowest BCUT2D eigenvalue weighted by Gasteiger charge is -2.11. The average Bonchev–Trinajstić information content (AvgIpc) is 2.64. The van der Waals surface area contributed by atoms with Crippen LogP contribution in [-0.4, -0.2) is 11.0 Å². The van der Waals surface area contributed by atoms with E-state index in [-0.39, 0.29) is 24.0 Å². The zero-order valence-electron chi connectivity index (χ0n) is 13.9. The van der Waals surface area contributed by atoms with Gasteiger partial charge < -0.3 is 15.2 Å². The SMILES string of the molecule is [CH2]c1ccc(CNC(=O)c2cccc(O)c2)cc1Oc1ccc(F)cc1. The molecule has 0 heterocycles. The number of hydrogen-bond donors (Lipinski definition) is 2. The van der Waals surface area contributed by atoms with E-state index in [1.807, 2.05) is 6.07 Å². The summed E-state index contributed by atoms with van der Waals surface area (Å²) in [4.78, 5) is 12.1. The van der Waals surface area contributed by atoms with Crippen LogP contribution in [0.2, 0.25) is 0 Å². The second-order valence-corrected chi connectivity index (χ2v) is 5.73. The van der Waals surface area contributed by atoms with Crippen molar-refractivity contribution in [2.75, 3.05) is 0 Å². The maximum atomic E-state index is 13.0. The van der Waals surface area contributed by atoms with Gasteiger partial charge in [0.15, 0.2) is 0 Å². The number of hydrogen-bond acceptors (Lipinski definition) is 3. The molecule has 4 nitrogen and oxygen atoms in total. The van der Waals surface area contributed by atoms with Crippen LogP contribution in [-0.2, 0) is 6.54 Å². The summed E-state index contributed by atoms with van der Waals surface area (Å²) < 4.78 is 18.7. The van der Waals surface area contributed by atoms with Gasteiger partial charge in [-0.15, -0.1) is 0 Å². The molecule has 5 heteroatoms. The predicted molar refractivity (Wildman–Crippen MR) is 96.7 cm³/mol. The van der Waals surface area contributed by atoms with Gasteiger partial charge in [0, 0.05) is 12.1 Å². The number of rotatable bonds is 5. The van der Waals surface area contributed by atoms with E-state index in [0.717, 1.165) is 5.56 Å². The zero-order valence-corrected chi connectivity index (χ0v) is 13.9. The van der Waals surface area contributed by atoms with Crippen molar-refractivity contribution in [3.63, 3.8) is 0 Å². The highest BCUT2D eigenvalue weighted by Crippen LogP contribution is 2.26. The first-order valence-electron chi connectivity index (χ1n) is 7.97. The number of nitrogens with one attached hydrogen (secondary N) is 1. The Morgan fingerprint density at radius 1 is 1.08 bits per heavy atom. The lowest BCUT2D eigenvalue weighted by atomic mass is 10.1. The van der Waals surface area contributed by atoms with Crippen LogP contribution in [0.4, 0.5) is 4.39 Å². The molecule has 0 aromatic heterocycles. The predicted octanol–water partition coefficient (Wildman–Crippen LogP) is 4.44. The minimum absolute atomic E-state index is 0.0362. The van der Waals surface area contributed by atoms with Gasteiger partial charge >= 0.3 is 0 Å². The molecule has 0 saturated carbocycles. The molecule has 0 aliphatic carbocycles. The number of phenols is 1. The van der Waals surface area contributed by atoms with Gasteiger partial charge in [-0.25, -0.2) is 4.39 Å². The molecule has 0 unspecified atom stereocenters. The van der Waals surface area contributed by atoms with Gasteiger partial charge in [0.2, 0.25) is 0 Å². The Balaban J connectivity index is 1.69. The molecule has 26 heavy (non-hydrogen) atoms. The van der Waals surface area contributed by atoms with E-state index in [0.29, 0.717) is 22.6 Å². The lowest BCUT2D eigenvalue weighted by Crippen LogP contribution is -2.22. The number of aromatic hydroxyl groups is 1. The third-order valence-corrected chi connectivity index (χ3v) is 3.73. The first-order chi connectivity index (χ1) is 12.5. The largest absolute Gasteiger partial charge is 0.508 e. The fraction of sp³-hybridized carbons (Fsp3) is 0.0476. The fourth-order valence-corrected chi connectivity index (χ4v) is 2.37. The van der Waals surface area contributed by atoms with E-state index >= 15 is 0 Å². The number of carbonyl (C=O) groups excluding carboxylic acids is 1. The molecule has 2 N–H and O–H groups in total. The van der Waals surface area contributed by atoms with Gasteiger partial charge in [0.05, 0.1) is 0 Å². The van der Waals surface area contributed by atoms with Crippen LogP contribution in [0, 0.1) is 12.7 Å². The number of halogens is 1. The van der Waals surface area contributed by atoms with Crippen molar-refractivity contribution in [1.82, 2.24) is 5.32 Å². The van der Waals surface area contributed by atoms with Crippen LogP contribution < -0.4 is 10.1 Å². The van der Waals surface area contributed by atoms with Crippen molar-refractivity contribution in [2.24, 2.45) is 0 Å². The fourth-order valence-electron chi connectivity index (χ4n) is 2.37. The van der Waals surface area contributed by atoms with E-state index in [9.17, 15) is 14.3 Å². The molecule has 0 atom stereocenters. The van der Waals surface area contributed by atoms with E-state index in [4.69, 9.17) is 4.74 Å². The molecule has 0 aliphatic heterocycles. The molecule has 3 rings (SSSR count). The Morgan fingerprint density at radius 2 is 1.85 bits per heavy atom. The Kier molecular flexibility index (Phi) is 5.17. The molecule has 0 fully saturated rings. The van der Waals surface area contributed by atoms with Crippen LogP contribution in [0.5, 0.6) is 17.2 Å². The van der Waals surface area contributed by atoms with E-state index in [1.165, 1.54) is 36.4 Å². The van der Waals surface area contributed by atoms with Crippen LogP contribution in [0.25, 0.3) is 0 Å². The van der Waals surface area contributed by atoms with Crippen molar-refractivity contribution < 1.29 is 19.0 Å². The summed E-state index contributed by atoms with van der Waals surface area (Å²) in [5.74, 6) is 0.434. The molecule has 3 aromatic carbocycles. The molecule has 0 spiro atoms. The smallest absolute Gasteiger partial charge is 0.251 e. The Bertz CT molecular complexity index is 923. The van der Waals surface area contributed by atoms with Crippen LogP contribution in [0.15, 0.2) is 66.7 Å². The highest BCUT2D eigenvalue weighted by Gasteiger charge is 2.08. The Morgan fingerprint density at radius 3 is 2.58 bits per heavy atom. The van der Waals surface area contributed by atoms with Crippen LogP contribution in [0.1, 0.15) is 21.5 Å². The highest BCUT2D eigenvalue weighted by atomic mass is 19.1. The number of amides is 1. The van der Waals surface area contributed by atoms with Crippen molar-refractivity contribution in [1.29, 1.82) is 0 Å². The Hall–Kier alpha value is -3.34. The molecule has 0 saturated heterocycles. The van der Waals surface area contributed by atoms with Gasteiger partial charge in [-0.2, -0.15) is 0 Å². The van der Waals surface area contributed by atoms with Gasteiger partial charge in [-0.3, -0.25) is 4.79 Å². The van der Waals surface area contributed by atoms with Gasteiger partial charge in [0.1, 0.15) is 23.1 Å². The van der Waals surface area contributed by atoms with E-state index in [1.54, 1.807) is 24.3 Å². The average molecular weight is 350 g/mol. The first-order valence-corrected chi connectivity index (χ1v) is 7.97. The number of ether oxygens (including phenoxy) is 1. The van der Waals surface area contributed by atoms with Gasteiger partial charge in [-0.1, -0.05) is 18.2 Å². The lowest BCUT2D eigenvalue weighted by molar-refractivity contribution is 0.0950. The second-order valence-electron chi connectivity index (χ2n) is 5.73. The second kappa shape index (κ2) is 7.70. The summed E-state index contributed by atoms with van der Waals surface area (Å²) >= 11 is 0. The molecular formula is C21H17FNO3.